The van der Waals surface area contributed by atoms with Gasteiger partial charge in [-0.1, -0.05) is 25.8 Å². The van der Waals surface area contributed by atoms with Gasteiger partial charge in [-0.3, -0.25) is 9.59 Å². The van der Waals surface area contributed by atoms with Crippen LogP contribution >= 0.6 is 0 Å². The molecule has 0 unspecified atom stereocenters. The third kappa shape index (κ3) is 10.4. The Kier molecular flexibility index (Phi) is 15.2. The number of amides is 1. The van der Waals surface area contributed by atoms with Crippen molar-refractivity contribution < 1.29 is 49.3 Å². The Morgan fingerprint density at radius 3 is 2.13 bits per heavy atom. The molecule has 0 N–H and O–H groups in total. The average Bonchev–Trinajstić information content (AvgIpc) is 3.12. The summed E-state index contributed by atoms with van der Waals surface area (Å²) in [7, 11) is 0. The van der Waals surface area contributed by atoms with E-state index in [1.165, 1.54) is 11.1 Å². The lowest BCUT2D eigenvalue weighted by molar-refractivity contribution is -0.697. The second kappa shape index (κ2) is 19.7. The van der Waals surface area contributed by atoms with Crippen molar-refractivity contribution in [1.29, 1.82) is 0 Å². The molecule has 0 bridgehead atoms. The summed E-state index contributed by atoms with van der Waals surface area (Å²) in [5.74, 6) is -0.625. The topological polar surface area (TPSA) is 73.9 Å². The van der Waals surface area contributed by atoms with Gasteiger partial charge in [-0.05, 0) is 57.4 Å². The SMILES string of the molecule is CCCOc1cc(OCC)cc(-n2cc(C(=O)N(CC)c3cc(F)cc(F)c3)c(=O)c3ccc(OCCCCCCC[n+]4ccccc4)cc32)c1.[Br-]. The molecule has 8 nitrogen and oxygen atoms in total. The fourth-order valence-electron chi connectivity index (χ4n) is 5.99. The number of pyridine rings is 2. The van der Waals surface area contributed by atoms with Gasteiger partial charge < -0.3 is 40.7 Å². The van der Waals surface area contributed by atoms with Gasteiger partial charge in [0.1, 0.15) is 41.0 Å². The predicted molar refractivity (Wildman–Crippen MR) is 195 cm³/mol. The largest absolute Gasteiger partial charge is 1.00 e. The summed E-state index contributed by atoms with van der Waals surface area (Å²) >= 11 is 0. The van der Waals surface area contributed by atoms with Gasteiger partial charge in [0.05, 0.1) is 31.0 Å². The molecule has 0 fully saturated rings. The fraction of sp³-hybridized carbons (Fsp3) is 0.341. The van der Waals surface area contributed by atoms with Crippen molar-refractivity contribution >= 4 is 22.5 Å². The van der Waals surface area contributed by atoms with E-state index in [0.717, 1.165) is 63.3 Å². The molecule has 0 aliphatic rings. The van der Waals surface area contributed by atoms with Crippen LogP contribution in [0.1, 0.15) is 69.7 Å². The van der Waals surface area contributed by atoms with E-state index in [4.69, 9.17) is 14.2 Å². The molecule has 5 aromatic rings. The summed E-state index contributed by atoms with van der Waals surface area (Å²) in [5, 5.41) is 0.281. The number of halogens is 3. The molecule has 276 valence electrons. The number of unbranched alkanes of at least 4 members (excludes halogenated alkanes) is 4. The van der Waals surface area contributed by atoms with Crippen molar-refractivity contribution in [3.8, 4) is 22.9 Å². The highest BCUT2D eigenvalue weighted by molar-refractivity contribution is 6.07. The van der Waals surface area contributed by atoms with Crippen molar-refractivity contribution in [2.45, 2.75) is 65.8 Å². The molecule has 0 aliphatic carbocycles. The Morgan fingerprint density at radius 1 is 0.769 bits per heavy atom. The normalized spacial score (nSPS) is 10.9. The average molecular weight is 779 g/mol. The van der Waals surface area contributed by atoms with E-state index >= 15 is 0 Å². The quantitative estimate of drug-likeness (QED) is 0.0876. The first-order valence-corrected chi connectivity index (χ1v) is 17.8. The number of aromatic nitrogens is 2. The molecule has 3 aromatic carbocycles. The van der Waals surface area contributed by atoms with Crippen LogP contribution in [0, 0.1) is 11.6 Å². The van der Waals surface area contributed by atoms with Gasteiger partial charge in [0.25, 0.3) is 5.91 Å². The molecule has 0 spiro atoms. The highest BCUT2D eigenvalue weighted by Crippen LogP contribution is 2.30. The number of hydrogen-bond donors (Lipinski definition) is 0. The second-order valence-corrected chi connectivity index (χ2v) is 12.3. The van der Waals surface area contributed by atoms with Crippen LogP contribution in [0.3, 0.4) is 0 Å². The van der Waals surface area contributed by atoms with Gasteiger partial charge in [0, 0.05) is 72.7 Å². The van der Waals surface area contributed by atoms with E-state index in [0.29, 0.717) is 48.3 Å². The van der Waals surface area contributed by atoms with Crippen molar-refractivity contribution in [2.24, 2.45) is 0 Å². The first-order chi connectivity index (χ1) is 24.8. The van der Waals surface area contributed by atoms with E-state index in [9.17, 15) is 18.4 Å². The third-order valence-electron chi connectivity index (χ3n) is 8.46. The number of rotatable bonds is 18. The maximum absolute atomic E-state index is 14.2. The van der Waals surface area contributed by atoms with Crippen LogP contribution in [-0.4, -0.2) is 36.8 Å². The van der Waals surface area contributed by atoms with Gasteiger partial charge >= 0.3 is 0 Å². The van der Waals surface area contributed by atoms with Gasteiger partial charge in [-0.25, -0.2) is 13.3 Å². The van der Waals surface area contributed by atoms with Crippen molar-refractivity contribution in [2.75, 3.05) is 31.3 Å². The van der Waals surface area contributed by atoms with Crippen LogP contribution in [0.5, 0.6) is 17.2 Å². The lowest BCUT2D eigenvalue weighted by Gasteiger charge is -2.22. The molecule has 5 rings (SSSR count). The van der Waals surface area contributed by atoms with E-state index in [1.807, 2.05) is 44.2 Å². The number of fused-ring (bicyclic) bond motifs is 1. The molecule has 1 amide bonds. The smallest absolute Gasteiger partial charge is 0.263 e. The molecule has 0 aliphatic heterocycles. The minimum atomic E-state index is -0.825. The van der Waals surface area contributed by atoms with Crippen LogP contribution in [-0.2, 0) is 6.54 Å². The Labute approximate surface area is 314 Å². The second-order valence-electron chi connectivity index (χ2n) is 12.3. The number of ether oxygens (including phenoxy) is 3. The zero-order valence-corrected chi connectivity index (χ0v) is 31.5. The highest BCUT2D eigenvalue weighted by Gasteiger charge is 2.24. The minimum Gasteiger partial charge on any atom is -1.00 e. The Hall–Kier alpha value is -4.77. The van der Waals surface area contributed by atoms with Gasteiger partial charge in [0.2, 0.25) is 5.43 Å². The van der Waals surface area contributed by atoms with E-state index in [2.05, 4.69) is 17.0 Å². The standard InChI is InChI=1S/C41H46F2N3O5.BrH/c1-4-20-50-36-26-33(25-35(27-36)49-6-3)46-29-38(41(48)45(5-2)32-23-30(42)22-31(43)24-32)40(47)37-16-15-34(28-39(37)46)51-21-14-9-7-8-11-17-44-18-12-10-13-19-44;/h10,12-13,15-16,18-19,22-29H,4-9,11,14,17,20-21H2,1-3H3;1H/q+1;/p-1. The molecule has 0 saturated heterocycles. The van der Waals surface area contributed by atoms with Crippen LogP contribution < -0.4 is 46.1 Å². The van der Waals surface area contributed by atoms with Crippen LogP contribution in [0.4, 0.5) is 14.5 Å². The Morgan fingerprint density at radius 2 is 1.44 bits per heavy atom. The zero-order valence-electron chi connectivity index (χ0n) is 30.0. The molecule has 11 heteroatoms. The summed E-state index contributed by atoms with van der Waals surface area (Å²) in [6.45, 7) is 8.08. The van der Waals surface area contributed by atoms with Gasteiger partial charge in [-0.2, -0.15) is 0 Å². The minimum absolute atomic E-state index is 0. The van der Waals surface area contributed by atoms with Crippen molar-refractivity contribution in [3.05, 3.63) is 119 Å². The number of aryl methyl sites for hydroxylation is 1. The summed E-state index contributed by atoms with van der Waals surface area (Å²) in [6, 6.07) is 19.6. The molecular weight excluding hydrogens is 732 g/mol. The van der Waals surface area contributed by atoms with Gasteiger partial charge in [-0.15, -0.1) is 0 Å². The molecule has 2 heterocycles. The van der Waals surface area contributed by atoms with Gasteiger partial charge in [0.15, 0.2) is 12.4 Å². The molecule has 0 saturated carbocycles. The number of hydrogen-bond acceptors (Lipinski definition) is 5. The number of anilines is 1. The first-order valence-electron chi connectivity index (χ1n) is 17.8. The third-order valence-corrected chi connectivity index (χ3v) is 8.46. The van der Waals surface area contributed by atoms with E-state index in [1.54, 1.807) is 35.8 Å². The molecule has 0 radical (unpaired) electrons. The monoisotopic (exact) mass is 777 g/mol. The lowest BCUT2D eigenvalue weighted by Crippen LogP contribution is -3.00. The summed E-state index contributed by atoms with van der Waals surface area (Å²) in [6.07, 6.45) is 11.7. The molecule has 52 heavy (non-hydrogen) atoms. The number of benzene rings is 3. The first kappa shape index (κ1) is 40.0. The van der Waals surface area contributed by atoms with E-state index in [-0.39, 0.29) is 40.2 Å². The maximum atomic E-state index is 14.2. The number of carbonyl (C=O) groups is 1. The number of nitrogens with zero attached hydrogens (tertiary/aromatic N) is 3. The van der Waals surface area contributed by atoms with Crippen LogP contribution in [0.2, 0.25) is 0 Å². The van der Waals surface area contributed by atoms with Crippen LogP contribution in [0.15, 0.2) is 96.2 Å². The highest BCUT2D eigenvalue weighted by atomic mass is 79.9. The van der Waals surface area contributed by atoms with Crippen LogP contribution in [0.25, 0.3) is 16.6 Å². The Bertz CT molecular complexity index is 1970. The van der Waals surface area contributed by atoms with Crippen molar-refractivity contribution in [1.82, 2.24) is 4.57 Å². The zero-order chi connectivity index (χ0) is 36.2. The molecule has 0 atom stereocenters. The summed E-state index contributed by atoms with van der Waals surface area (Å²) in [5.41, 5.74) is 0.453. The van der Waals surface area contributed by atoms with Crippen molar-refractivity contribution in [3.63, 3.8) is 0 Å². The Balaban J connectivity index is 0.00000605. The number of carbonyl (C=O) groups excluding carboxylic acids is 1. The molecule has 2 aromatic heterocycles. The summed E-state index contributed by atoms with van der Waals surface area (Å²) in [4.78, 5) is 29.2. The fourth-order valence-corrected chi connectivity index (χ4v) is 5.99. The van der Waals surface area contributed by atoms with E-state index < -0.39 is 23.0 Å². The predicted octanol–water partition coefficient (Wildman–Crippen LogP) is 5.44. The summed E-state index contributed by atoms with van der Waals surface area (Å²) < 4.78 is 50.3. The molecular formula is C41H46BrF2N3O5. The maximum Gasteiger partial charge on any atom is 0.263 e. The lowest BCUT2D eigenvalue weighted by atomic mass is 10.1.